The number of esters is 2. The van der Waals surface area contributed by atoms with E-state index in [1.807, 2.05) is 66.7 Å². The number of anilines is 1. The number of methoxy groups -OCH3 is 1. The van der Waals surface area contributed by atoms with E-state index in [0.717, 1.165) is 11.1 Å². The third-order valence-corrected chi connectivity index (χ3v) is 15.0. The lowest BCUT2D eigenvalue weighted by molar-refractivity contribution is -0.277. The van der Waals surface area contributed by atoms with Crippen LogP contribution in [0.1, 0.15) is 114 Å². The zero-order chi connectivity index (χ0) is 51.8. The number of hydrogen-bond acceptors (Lipinski definition) is 17. The molecule has 0 amide bonds. The van der Waals surface area contributed by atoms with Gasteiger partial charge in [0.05, 0.1) is 42.1 Å². The molecule has 4 aliphatic heterocycles. The summed E-state index contributed by atoms with van der Waals surface area (Å²) in [5.74, 6) is -2.34. The first-order valence-electron chi connectivity index (χ1n) is 24.5. The van der Waals surface area contributed by atoms with Gasteiger partial charge < -0.3 is 59.3 Å². The molecule has 3 aliphatic carbocycles. The first-order valence-corrected chi connectivity index (χ1v) is 24.5. The summed E-state index contributed by atoms with van der Waals surface area (Å²) in [5, 5.41) is 62.8. The van der Waals surface area contributed by atoms with Gasteiger partial charge >= 0.3 is 11.9 Å². The number of allylic oxidation sites excluding steroid dienone is 4. The number of carbonyl (C=O) groups is 3. The van der Waals surface area contributed by atoms with Crippen LogP contribution >= 0.6 is 0 Å². The average molecular weight is 993 g/mol. The molecular weight excluding hydrogens is 929 g/mol. The molecule has 0 radical (unpaired) electrons. The van der Waals surface area contributed by atoms with E-state index < -0.39 is 89.7 Å². The molecule has 6 N–H and O–H groups in total. The van der Waals surface area contributed by atoms with Gasteiger partial charge in [-0.05, 0) is 110 Å². The van der Waals surface area contributed by atoms with Crippen LogP contribution in [0.5, 0.6) is 23.0 Å². The number of fused-ring (bicyclic) bond motifs is 7. The number of carbonyl (C=O) groups excluding carboxylic acids is 3. The molecule has 18 nitrogen and oxygen atoms in total. The molecule has 1 spiro atoms. The SMILES string of the molecule is COC(=O)/C(C)=C\CC1(O)C(=O)C2CC(C(C)C)C13Oc1c(CC=C(C)C)c4c(c(OC(=O)c5ccc(O[C@H]6O[C@@H](CO)[C@H](O)[C@@H](O)[C@@H]6O)cc5)c1C1=C3C2n2cnc(n2)N1)C=CC(C)(CCC=C(C)C)O4. The molecule has 5 heterocycles. The summed E-state index contributed by atoms with van der Waals surface area (Å²) >= 11 is 0. The normalized spacial score (nSPS) is 30.7. The number of ether oxygens (including phenoxy) is 6. The van der Waals surface area contributed by atoms with Crippen molar-refractivity contribution in [1.29, 1.82) is 0 Å². The lowest BCUT2D eigenvalue weighted by Gasteiger charge is -2.64. The Morgan fingerprint density at radius 1 is 0.986 bits per heavy atom. The van der Waals surface area contributed by atoms with E-state index in [0.29, 0.717) is 53.0 Å². The van der Waals surface area contributed by atoms with Crippen LogP contribution in [0.25, 0.3) is 11.8 Å². The molecule has 4 bridgehead atoms. The van der Waals surface area contributed by atoms with E-state index in [1.54, 1.807) is 17.9 Å². The van der Waals surface area contributed by atoms with E-state index in [9.17, 15) is 35.1 Å². The number of rotatable bonds is 14. The smallest absolute Gasteiger partial charge is 0.343 e. The molecule has 2 aromatic carbocycles. The second-order valence-corrected chi connectivity index (χ2v) is 20.8. The van der Waals surface area contributed by atoms with Crippen LogP contribution in [0, 0.1) is 17.8 Å². The highest BCUT2D eigenvalue weighted by molar-refractivity contribution is 6.02. The summed E-state index contributed by atoms with van der Waals surface area (Å²) in [6.45, 7) is 15.0. The van der Waals surface area contributed by atoms with Gasteiger partial charge in [0.2, 0.25) is 12.2 Å². The van der Waals surface area contributed by atoms with E-state index in [-0.39, 0.29) is 53.1 Å². The minimum absolute atomic E-state index is 0.0648. The maximum atomic E-state index is 15.3. The van der Waals surface area contributed by atoms with Gasteiger partial charge in [0, 0.05) is 35.0 Å². The summed E-state index contributed by atoms with van der Waals surface area (Å²) in [6.07, 6.45) is 5.16. The minimum atomic E-state index is -2.25. The second kappa shape index (κ2) is 19.0. The Hall–Kier alpha value is -6.15. The monoisotopic (exact) mass is 992 g/mol. The van der Waals surface area contributed by atoms with E-state index in [2.05, 4.69) is 16.4 Å². The predicted octanol–water partition coefficient (Wildman–Crippen LogP) is 5.72. The van der Waals surface area contributed by atoms with Crippen molar-refractivity contribution in [2.75, 3.05) is 19.0 Å². The fraction of sp³-hybridized carbons (Fsp3) is 0.500. The second-order valence-electron chi connectivity index (χ2n) is 20.8. The van der Waals surface area contributed by atoms with Crippen molar-refractivity contribution < 1.29 is 68.3 Å². The van der Waals surface area contributed by atoms with Gasteiger partial charge in [-0.25, -0.2) is 19.3 Å². The van der Waals surface area contributed by atoms with Crippen molar-refractivity contribution in [2.45, 2.75) is 141 Å². The molecule has 3 aromatic rings. The number of benzene rings is 2. The van der Waals surface area contributed by atoms with E-state index in [1.165, 1.54) is 37.5 Å². The molecule has 18 heteroatoms. The summed E-state index contributed by atoms with van der Waals surface area (Å²) in [6, 6.07) is 4.99. The summed E-state index contributed by atoms with van der Waals surface area (Å²) in [5.41, 5.74) is -0.185. The molecule has 10 rings (SSSR count). The van der Waals surface area contributed by atoms with Crippen molar-refractivity contribution >= 4 is 35.4 Å². The Labute approximate surface area is 417 Å². The van der Waals surface area contributed by atoms with Crippen molar-refractivity contribution in [3.63, 3.8) is 0 Å². The summed E-state index contributed by atoms with van der Waals surface area (Å²) < 4.78 is 39.5. The first kappa shape index (κ1) is 50.8. The maximum absolute atomic E-state index is 15.3. The molecule has 1 saturated heterocycles. The fourth-order valence-electron chi connectivity index (χ4n) is 11.3. The Bertz CT molecular complexity index is 2840. The quantitative estimate of drug-likeness (QED) is 0.0489. The molecule has 7 aliphatic rings. The van der Waals surface area contributed by atoms with Crippen molar-refractivity contribution in [3.05, 3.63) is 99.4 Å². The number of Topliss-reactive ketones (excluding diaryl/α,β-unsaturated/α-hetero) is 1. The van der Waals surface area contributed by atoms with Crippen LogP contribution < -0.4 is 24.3 Å². The Balaban J connectivity index is 1.25. The number of nitrogens with one attached hydrogen (secondary N) is 1. The molecule has 4 fully saturated rings. The lowest BCUT2D eigenvalue weighted by atomic mass is 9.46. The number of ketones is 1. The van der Waals surface area contributed by atoms with Gasteiger partial charge in [-0.2, -0.15) is 0 Å². The summed E-state index contributed by atoms with van der Waals surface area (Å²) in [7, 11) is 1.27. The van der Waals surface area contributed by atoms with Crippen LogP contribution in [-0.4, -0.2) is 119 Å². The largest absolute Gasteiger partial charge is 0.482 e. The van der Waals surface area contributed by atoms with Gasteiger partial charge in [-0.3, -0.25) is 4.79 Å². The maximum Gasteiger partial charge on any atom is 0.343 e. The fourth-order valence-corrected chi connectivity index (χ4v) is 11.3. The Morgan fingerprint density at radius 3 is 2.38 bits per heavy atom. The number of nitrogens with zero attached hydrogens (tertiary/aromatic N) is 3. The van der Waals surface area contributed by atoms with Crippen LogP contribution in [-0.2, 0) is 25.5 Å². The van der Waals surface area contributed by atoms with Crippen LogP contribution in [0.15, 0.2) is 77.2 Å². The zero-order valence-corrected chi connectivity index (χ0v) is 42.0. The molecule has 3 saturated carbocycles. The minimum Gasteiger partial charge on any atom is -0.482 e. The zero-order valence-electron chi connectivity index (χ0n) is 42.0. The molecule has 6 unspecified atom stereocenters. The topological polar surface area (TPSA) is 250 Å². The number of aliphatic hydroxyl groups excluding tert-OH is 4. The van der Waals surface area contributed by atoms with Crippen LogP contribution in [0.3, 0.4) is 0 Å². The number of aromatic nitrogens is 3. The Morgan fingerprint density at radius 2 is 1.71 bits per heavy atom. The molecule has 72 heavy (non-hydrogen) atoms. The van der Waals surface area contributed by atoms with Crippen LogP contribution in [0.2, 0.25) is 0 Å². The third-order valence-electron chi connectivity index (χ3n) is 15.0. The Kier molecular flexibility index (Phi) is 13.4. The highest BCUT2D eigenvalue weighted by Gasteiger charge is 2.76. The summed E-state index contributed by atoms with van der Waals surface area (Å²) in [4.78, 5) is 47.5. The van der Waals surface area contributed by atoms with E-state index in [4.69, 9.17) is 33.5 Å². The third kappa shape index (κ3) is 8.34. The molecular formula is C54H64N4O14. The van der Waals surface area contributed by atoms with Gasteiger partial charge in [0.1, 0.15) is 53.6 Å². The highest BCUT2D eigenvalue weighted by Crippen LogP contribution is 2.68. The number of aliphatic hydroxyl groups is 5. The highest BCUT2D eigenvalue weighted by atomic mass is 16.7. The standard InChI is InChI=1S/C54H64N4O14/c1-26(2)11-10-20-52(8)21-19-33-44(71-52)32(17-12-27(3)4)46-37(45(33)70-49(65)30-13-15-31(16-14-30)68-50-43(62)42(61)41(60)36(24-59)69-50)39-38-40(58-25-55-51(56-39)57-58)34-23-35(28(5)6)54(38,72-46)53(66,47(34)63)22-18-29(7)48(64)67-9/h11-16,18-19,21,25,28,34-36,40-43,50,59-62,66H,10,17,20,22-24H2,1-9H3,(H,56,57)/b29-18-/t34?,35?,36-,40?,41-,42+,43-,50-,52?,53?,54?/m0/s1. The molecule has 11 atom stereocenters. The first-order chi connectivity index (χ1) is 34.2. The number of hydrogen-bond donors (Lipinski definition) is 6. The van der Waals surface area contributed by atoms with Gasteiger partial charge in [-0.15, -0.1) is 5.10 Å². The van der Waals surface area contributed by atoms with E-state index >= 15 is 4.79 Å². The molecule has 384 valence electrons. The van der Waals surface area contributed by atoms with Crippen molar-refractivity contribution in [2.24, 2.45) is 17.8 Å². The lowest BCUT2D eigenvalue weighted by Crippen LogP contribution is -2.78. The van der Waals surface area contributed by atoms with Gasteiger partial charge in [0.15, 0.2) is 22.7 Å². The van der Waals surface area contributed by atoms with Gasteiger partial charge in [-0.1, -0.05) is 43.2 Å². The average Bonchev–Trinajstić information content (AvgIpc) is 3.74. The predicted molar refractivity (Wildman–Crippen MR) is 262 cm³/mol. The molecule has 1 aromatic heterocycles. The van der Waals surface area contributed by atoms with Gasteiger partial charge in [0.25, 0.3) is 0 Å². The van der Waals surface area contributed by atoms with Crippen molar-refractivity contribution in [3.8, 4) is 23.0 Å². The van der Waals surface area contributed by atoms with Crippen LogP contribution in [0.4, 0.5) is 5.95 Å². The van der Waals surface area contributed by atoms with Crippen molar-refractivity contribution in [1.82, 2.24) is 14.8 Å².